The van der Waals surface area contributed by atoms with Crippen LogP contribution < -0.4 is 10.2 Å². The smallest absolute Gasteiger partial charge is 0.245 e. The first kappa shape index (κ1) is 25.4. The van der Waals surface area contributed by atoms with E-state index >= 15 is 0 Å². The van der Waals surface area contributed by atoms with E-state index in [9.17, 15) is 18.0 Å². The lowest BCUT2D eigenvalue weighted by atomic mass is 9.90. The molecule has 5 rings (SSSR count). The van der Waals surface area contributed by atoms with Gasteiger partial charge in [-0.3, -0.25) is 9.59 Å². The maximum absolute atomic E-state index is 13.9. The number of hydrogen-bond donors (Lipinski definition) is 1. The predicted octanol–water partition coefficient (Wildman–Crippen LogP) is 4.67. The van der Waals surface area contributed by atoms with Crippen molar-refractivity contribution >= 4 is 49.1 Å². The van der Waals surface area contributed by atoms with E-state index in [0.717, 1.165) is 30.5 Å². The molecular formula is C27H32BrN3O4S. The number of anilines is 2. The molecule has 2 aromatic carbocycles. The number of carbonyl (C=O) groups is 2. The highest BCUT2D eigenvalue weighted by molar-refractivity contribution is 9.10. The van der Waals surface area contributed by atoms with Crippen LogP contribution in [0, 0.1) is 5.92 Å². The van der Waals surface area contributed by atoms with Gasteiger partial charge in [-0.1, -0.05) is 35.0 Å². The van der Waals surface area contributed by atoms with Gasteiger partial charge in [0.2, 0.25) is 21.8 Å². The summed E-state index contributed by atoms with van der Waals surface area (Å²) in [5.74, 6) is -0.646. The van der Waals surface area contributed by atoms with Crippen LogP contribution in [0.4, 0.5) is 11.4 Å². The Kier molecular flexibility index (Phi) is 7.25. The molecule has 1 aliphatic carbocycles. The number of nitrogens with zero attached hydrogens (tertiary/aromatic N) is 2. The third-order valence-corrected chi connectivity index (χ3v) is 9.96. The van der Waals surface area contributed by atoms with Crippen LogP contribution in [0.1, 0.15) is 55.7 Å². The van der Waals surface area contributed by atoms with Gasteiger partial charge >= 0.3 is 0 Å². The van der Waals surface area contributed by atoms with Gasteiger partial charge in [-0.2, -0.15) is 4.31 Å². The minimum absolute atomic E-state index is 0.0883. The summed E-state index contributed by atoms with van der Waals surface area (Å²) in [7, 11) is -3.91. The number of amides is 2. The third-order valence-electron chi connectivity index (χ3n) is 7.62. The van der Waals surface area contributed by atoms with Crippen molar-refractivity contribution in [3.05, 3.63) is 51.5 Å². The lowest BCUT2D eigenvalue weighted by Crippen LogP contribution is -2.44. The molecule has 7 nitrogen and oxygen atoms in total. The van der Waals surface area contributed by atoms with Crippen LogP contribution in [0.3, 0.4) is 0 Å². The van der Waals surface area contributed by atoms with Crippen LogP contribution in [0.25, 0.3) is 0 Å². The van der Waals surface area contributed by atoms with Crippen LogP contribution in [-0.4, -0.2) is 44.2 Å². The van der Waals surface area contributed by atoms with Gasteiger partial charge in [0.05, 0.1) is 11.6 Å². The van der Waals surface area contributed by atoms with Crippen molar-refractivity contribution in [3.8, 4) is 0 Å². The number of rotatable bonds is 5. The average molecular weight is 575 g/mol. The molecule has 9 heteroatoms. The minimum Gasteiger partial charge on any atom is -0.326 e. The molecule has 1 saturated heterocycles. The quantitative estimate of drug-likeness (QED) is 0.563. The summed E-state index contributed by atoms with van der Waals surface area (Å²) >= 11 is 3.46. The summed E-state index contributed by atoms with van der Waals surface area (Å²) < 4.78 is 29.9. The number of hydrogen-bond acceptors (Lipinski definition) is 4. The number of sulfonamides is 1. The van der Waals surface area contributed by atoms with Crippen LogP contribution in [0.15, 0.2) is 39.7 Å². The molecule has 0 bridgehead atoms. The maximum atomic E-state index is 13.9. The second kappa shape index (κ2) is 10.3. The first-order valence-corrected chi connectivity index (χ1v) is 15.1. The van der Waals surface area contributed by atoms with Crippen molar-refractivity contribution in [2.24, 2.45) is 5.92 Å². The van der Waals surface area contributed by atoms with E-state index in [0.29, 0.717) is 48.9 Å². The molecule has 192 valence electrons. The largest absolute Gasteiger partial charge is 0.326 e. The molecule has 1 fully saturated rings. The number of aryl methyl sites for hydroxylation is 1. The van der Waals surface area contributed by atoms with Crippen LogP contribution in [0.5, 0.6) is 0 Å². The van der Waals surface area contributed by atoms with E-state index in [-0.39, 0.29) is 23.3 Å². The highest BCUT2D eigenvalue weighted by Gasteiger charge is 2.38. The van der Waals surface area contributed by atoms with E-state index in [1.165, 1.54) is 21.9 Å². The molecule has 3 aliphatic rings. The molecular weight excluding hydrogens is 542 g/mol. The molecule has 0 radical (unpaired) electrons. The fraction of sp³-hybridized carbons (Fsp3) is 0.481. The van der Waals surface area contributed by atoms with Crippen molar-refractivity contribution in [2.45, 2.75) is 63.2 Å². The van der Waals surface area contributed by atoms with Crippen molar-refractivity contribution < 1.29 is 18.0 Å². The standard InChI is InChI=1S/C27H32BrN3O4S/c1-2-25(32)31-14-12-19-15-21(28)16-24(26(19)31)36(34,35)30-13-6-9-20(17-30)27(33)29-23-11-5-8-18-7-3-4-10-22(18)23/h5,8,11,15-16,20H,2-4,6-7,9-10,12-14,17H2,1H3,(H,29,33)/t20-/m0/s1. The Morgan fingerprint density at radius 2 is 1.86 bits per heavy atom. The zero-order valence-corrected chi connectivity index (χ0v) is 23.0. The van der Waals surface area contributed by atoms with Gasteiger partial charge in [-0.25, -0.2) is 8.42 Å². The first-order chi connectivity index (χ1) is 17.3. The third kappa shape index (κ3) is 4.73. The molecule has 0 aromatic heterocycles. The number of piperidine rings is 1. The molecule has 0 spiro atoms. The molecule has 2 aromatic rings. The zero-order valence-electron chi connectivity index (χ0n) is 20.6. The summed E-state index contributed by atoms with van der Waals surface area (Å²) in [6, 6.07) is 9.54. The Morgan fingerprint density at radius 1 is 1.06 bits per heavy atom. The molecule has 2 aliphatic heterocycles. The molecule has 36 heavy (non-hydrogen) atoms. The van der Waals surface area contributed by atoms with Gasteiger partial charge in [-0.15, -0.1) is 0 Å². The normalized spacial score (nSPS) is 20.1. The lowest BCUT2D eigenvalue weighted by Gasteiger charge is -2.32. The summed E-state index contributed by atoms with van der Waals surface area (Å²) in [6.45, 7) is 2.75. The zero-order chi connectivity index (χ0) is 25.4. The van der Waals surface area contributed by atoms with Gasteiger partial charge in [0.1, 0.15) is 4.90 Å². The highest BCUT2D eigenvalue weighted by atomic mass is 79.9. The average Bonchev–Trinajstić information content (AvgIpc) is 3.31. The molecule has 2 amide bonds. The van der Waals surface area contributed by atoms with Gasteiger partial charge in [0, 0.05) is 36.2 Å². The fourth-order valence-electron chi connectivity index (χ4n) is 5.75. The monoisotopic (exact) mass is 573 g/mol. The maximum Gasteiger partial charge on any atom is 0.245 e. The van der Waals surface area contributed by atoms with Gasteiger partial charge in [-0.05, 0) is 79.8 Å². The Morgan fingerprint density at radius 3 is 2.67 bits per heavy atom. The van der Waals surface area contributed by atoms with E-state index in [1.54, 1.807) is 17.9 Å². The van der Waals surface area contributed by atoms with E-state index < -0.39 is 15.9 Å². The summed E-state index contributed by atoms with van der Waals surface area (Å²) in [4.78, 5) is 27.6. The molecule has 1 N–H and O–H groups in total. The highest BCUT2D eigenvalue weighted by Crippen LogP contribution is 2.40. The van der Waals surface area contributed by atoms with Crippen molar-refractivity contribution in [3.63, 3.8) is 0 Å². The Balaban J connectivity index is 1.39. The van der Waals surface area contributed by atoms with Crippen LogP contribution in [-0.2, 0) is 38.9 Å². The summed E-state index contributed by atoms with van der Waals surface area (Å²) in [5.41, 5.74) is 4.71. The topological polar surface area (TPSA) is 86.8 Å². The van der Waals surface area contributed by atoms with E-state index in [2.05, 4.69) is 27.3 Å². The van der Waals surface area contributed by atoms with E-state index in [1.807, 2.05) is 18.2 Å². The van der Waals surface area contributed by atoms with Crippen molar-refractivity contribution in [1.29, 1.82) is 0 Å². The Hall–Kier alpha value is -2.23. The number of halogens is 1. The predicted molar refractivity (Wildman–Crippen MR) is 144 cm³/mol. The number of carbonyl (C=O) groups excluding carboxylic acids is 2. The van der Waals surface area contributed by atoms with Gasteiger partial charge < -0.3 is 10.2 Å². The number of nitrogens with one attached hydrogen (secondary N) is 1. The second-order valence-electron chi connectivity index (χ2n) is 9.90. The van der Waals surface area contributed by atoms with E-state index in [4.69, 9.17) is 0 Å². The van der Waals surface area contributed by atoms with Gasteiger partial charge in [0.25, 0.3) is 0 Å². The number of fused-ring (bicyclic) bond motifs is 2. The first-order valence-electron chi connectivity index (χ1n) is 12.8. The minimum atomic E-state index is -3.91. The molecule has 0 saturated carbocycles. The molecule has 0 unspecified atom stereocenters. The molecule has 2 heterocycles. The Labute approximate surface area is 221 Å². The summed E-state index contributed by atoms with van der Waals surface area (Å²) in [6.07, 6.45) is 6.45. The van der Waals surface area contributed by atoms with Gasteiger partial charge in [0.15, 0.2) is 0 Å². The molecule has 1 atom stereocenters. The number of benzene rings is 2. The van der Waals surface area contributed by atoms with Crippen LogP contribution >= 0.6 is 15.9 Å². The van der Waals surface area contributed by atoms with Crippen molar-refractivity contribution in [2.75, 3.05) is 29.9 Å². The Bertz CT molecular complexity index is 1310. The fourth-order valence-corrected chi connectivity index (χ4v) is 8.20. The summed E-state index contributed by atoms with van der Waals surface area (Å²) in [5, 5.41) is 3.11. The second-order valence-corrected chi connectivity index (χ2v) is 12.7. The van der Waals surface area contributed by atoms with Crippen molar-refractivity contribution in [1.82, 2.24) is 4.31 Å². The lowest BCUT2D eigenvalue weighted by molar-refractivity contribution is -0.121. The van der Waals surface area contributed by atoms with Crippen LogP contribution in [0.2, 0.25) is 0 Å². The SMILES string of the molecule is CCC(=O)N1CCc2cc(Br)cc(S(=O)(=O)N3CCC[C@H](C(=O)Nc4cccc5c4CCCC5)C3)c21.